The van der Waals surface area contributed by atoms with Crippen LogP contribution in [0.1, 0.15) is 47.2 Å². The van der Waals surface area contributed by atoms with Crippen molar-refractivity contribution >= 4 is 29.0 Å². The van der Waals surface area contributed by atoms with Crippen molar-refractivity contribution in [1.82, 2.24) is 30.0 Å². The van der Waals surface area contributed by atoms with Crippen LogP contribution in [0.15, 0.2) is 59.3 Å². The first-order valence-corrected chi connectivity index (χ1v) is 12.8. The molecule has 0 aliphatic heterocycles. The molecule has 0 bridgehead atoms. The molecule has 0 saturated heterocycles. The third kappa shape index (κ3) is 5.66. The van der Waals surface area contributed by atoms with Crippen LogP contribution < -0.4 is 5.32 Å². The summed E-state index contributed by atoms with van der Waals surface area (Å²) in [7, 11) is 0. The zero-order chi connectivity index (χ0) is 23.0. The number of rotatable bonds is 10. The smallest absolute Gasteiger partial charge is 0.270 e. The standard InChI is InChI=1S/C24H26N6OS2/c1-3-4-7-13-26-23(31)19-15-32-21(27-19)16-33-24-29-28-22(18-10-8-12-25-14-18)30(24)20-11-6-5-9-17(20)2/h5-6,8-12,14-15H,3-4,7,13,16H2,1-2H3,(H,26,31). The molecule has 170 valence electrons. The molecule has 1 aromatic carbocycles. The number of unbranched alkanes of at least 4 members (excludes halogenated alkanes) is 2. The Morgan fingerprint density at radius 2 is 2.03 bits per heavy atom. The molecular formula is C24H26N6OS2. The Bertz CT molecular complexity index is 1200. The Kier molecular flexibility index (Phi) is 7.85. The predicted molar refractivity (Wildman–Crippen MR) is 133 cm³/mol. The Balaban J connectivity index is 1.53. The SMILES string of the molecule is CCCCCNC(=O)c1csc(CSc2nnc(-c3cccnc3)n2-c2ccccc2C)n1. The van der Waals surface area contributed by atoms with E-state index in [2.05, 4.69) is 56.0 Å². The van der Waals surface area contributed by atoms with E-state index in [9.17, 15) is 4.79 Å². The van der Waals surface area contributed by atoms with Gasteiger partial charge < -0.3 is 5.32 Å². The highest BCUT2D eigenvalue weighted by Crippen LogP contribution is 2.31. The largest absolute Gasteiger partial charge is 0.351 e. The Morgan fingerprint density at radius 3 is 2.82 bits per heavy atom. The van der Waals surface area contributed by atoms with Crippen LogP contribution in [-0.2, 0) is 5.75 Å². The van der Waals surface area contributed by atoms with Crippen LogP contribution in [0.5, 0.6) is 0 Å². The van der Waals surface area contributed by atoms with E-state index in [0.29, 0.717) is 18.0 Å². The third-order valence-electron chi connectivity index (χ3n) is 5.08. The molecule has 3 aromatic heterocycles. The maximum Gasteiger partial charge on any atom is 0.270 e. The van der Waals surface area contributed by atoms with Gasteiger partial charge in [-0.25, -0.2) is 4.98 Å². The Labute approximate surface area is 201 Å². The highest BCUT2D eigenvalue weighted by Gasteiger charge is 2.18. The van der Waals surface area contributed by atoms with E-state index in [1.807, 2.05) is 29.6 Å². The number of thiazole rings is 1. The molecular weight excluding hydrogens is 452 g/mol. The molecule has 3 heterocycles. The average molecular weight is 479 g/mol. The lowest BCUT2D eigenvalue weighted by Crippen LogP contribution is -2.24. The second-order valence-electron chi connectivity index (χ2n) is 7.55. The molecule has 0 radical (unpaired) electrons. The van der Waals surface area contributed by atoms with Crippen LogP contribution in [0.3, 0.4) is 0 Å². The maximum absolute atomic E-state index is 12.3. The quantitative estimate of drug-likeness (QED) is 0.246. The molecule has 1 amide bonds. The lowest BCUT2D eigenvalue weighted by molar-refractivity contribution is 0.0948. The summed E-state index contributed by atoms with van der Waals surface area (Å²) < 4.78 is 2.06. The van der Waals surface area contributed by atoms with Crippen molar-refractivity contribution in [2.75, 3.05) is 6.54 Å². The van der Waals surface area contributed by atoms with Crippen molar-refractivity contribution in [1.29, 1.82) is 0 Å². The van der Waals surface area contributed by atoms with Crippen molar-refractivity contribution in [3.05, 3.63) is 70.4 Å². The van der Waals surface area contributed by atoms with E-state index in [0.717, 1.165) is 52.1 Å². The van der Waals surface area contributed by atoms with Gasteiger partial charge in [0.2, 0.25) is 0 Å². The lowest BCUT2D eigenvalue weighted by Gasteiger charge is -2.12. The molecule has 7 nitrogen and oxygen atoms in total. The summed E-state index contributed by atoms with van der Waals surface area (Å²) in [5.41, 5.74) is 3.52. The number of hydrogen-bond donors (Lipinski definition) is 1. The van der Waals surface area contributed by atoms with Crippen molar-refractivity contribution in [2.45, 2.75) is 44.0 Å². The highest BCUT2D eigenvalue weighted by molar-refractivity contribution is 7.98. The minimum absolute atomic E-state index is 0.111. The number of hydrogen-bond acceptors (Lipinski definition) is 7. The van der Waals surface area contributed by atoms with E-state index in [-0.39, 0.29) is 5.91 Å². The van der Waals surface area contributed by atoms with Crippen molar-refractivity contribution in [2.24, 2.45) is 0 Å². The van der Waals surface area contributed by atoms with Crippen LogP contribution in [0, 0.1) is 6.92 Å². The van der Waals surface area contributed by atoms with Crippen LogP contribution in [0.25, 0.3) is 17.1 Å². The van der Waals surface area contributed by atoms with E-state index < -0.39 is 0 Å². The predicted octanol–water partition coefficient (Wildman–Crippen LogP) is 5.31. The number of carbonyl (C=O) groups is 1. The average Bonchev–Trinajstić information content (AvgIpc) is 3.49. The summed E-state index contributed by atoms with van der Waals surface area (Å²) in [6.07, 6.45) is 6.77. The molecule has 0 unspecified atom stereocenters. The van der Waals surface area contributed by atoms with E-state index in [1.54, 1.807) is 24.2 Å². The number of nitrogens with one attached hydrogen (secondary N) is 1. The van der Waals surface area contributed by atoms with Crippen LogP contribution >= 0.6 is 23.1 Å². The van der Waals surface area contributed by atoms with E-state index >= 15 is 0 Å². The second-order valence-corrected chi connectivity index (χ2v) is 9.43. The van der Waals surface area contributed by atoms with Crippen molar-refractivity contribution in [3.8, 4) is 17.1 Å². The molecule has 1 N–H and O–H groups in total. The molecule has 4 aromatic rings. The van der Waals surface area contributed by atoms with Gasteiger partial charge in [-0.2, -0.15) is 0 Å². The molecule has 4 rings (SSSR count). The molecule has 33 heavy (non-hydrogen) atoms. The van der Waals surface area contributed by atoms with E-state index in [4.69, 9.17) is 0 Å². The van der Waals surface area contributed by atoms with Gasteiger partial charge in [-0.3, -0.25) is 14.3 Å². The Morgan fingerprint density at radius 1 is 1.15 bits per heavy atom. The highest BCUT2D eigenvalue weighted by atomic mass is 32.2. The number of pyridine rings is 1. The second kappa shape index (κ2) is 11.2. The first-order valence-electron chi connectivity index (χ1n) is 10.9. The molecule has 9 heteroatoms. The minimum Gasteiger partial charge on any atom is -0.351 e. The Hall–Kier alpha value is -3.04. The zero-order valence-electron chi connectivity index (χ0n) is 18.7. The number of thioether (sulfide) groups is 1. The summed E-state index contributed by atoms with van der Waals surface area (Å²) in [4.78, 5) is 21.1. The van der Waals surface area contributed by atoms with Crippen molar-refractivity contribution in [3.63, 3.8) is 0 Å². The normalized spacial score (nSPS) is 11.0. The monoisotopic (exact) mass is 478 g/mol. The topological polar surface area (TPSA) is 85.6 Å². The molecule has 0 spiro atoms. The molecule has 0 saturated carbocycles. The van der Waals surface area contributed by atoms with Gasteiger partial charge in [0.1, 0.15) is 10.7 Å². The number of aryl methyl sites for hydroxylation is 1. The zero-order valence-corrected chi connectivity index (χ0v) is 20.3. The fourth-order valence-corrected chi connectivity index (χ4v) is 5.09. The summed E-state index contributed by atoms with van der Waals surface area (Å²) in [5, 5.41) is 15.3. The van der Waals surface area contributed by atoms with E-state index in [1.165, 1.54) is 11.3 Å². The summed E-state index contributed by atoms with van der Waals surface area (Å²) in [6.45, 7) is 4.90. The van der Waals surface area contributed by atoms with Gasteiger partial charge in [0, 0.05) is 29.9 Å². The van der Waals surface area contributed by atoms with Gasteiger partial charge in [-0.15, -0.1) is 21.5 Å². The number of aromatic nitrogens is 5. The van der Waals surface area contributed by atoms with Gasteiger partial charge in [0.05, 0.1) is 11.4 Å². The number of amides is 1. The molecule has 0 fully saturated rings. The van der Waals surface area contributed by atoms with Gasteiger partial charge in [-0.05, 0) is 37.1 Å². The fraction of sp³-hybridized carbons (Fsp3) is 0.292. The lowest BCUT2D eigenvalue weighted by atomic mass is 10.2. The van der Waals surface area contributed by atoms with Crippen molar-refractivity contribution < 1.29 is 4.79 Å². The first kappa shape index (κ1) is 23.1. The summed E-state index contributed by atoms with van der Waals surface area (Å²) in [6, 6.07) is 12.0. The van der Waals surface area contributed by atoms with Crippen LogP contribution in [0.2, 0.25) is 0 Å². The molecule has 0 aliphatic rings. The summed E-state index contributed by atoms with van der Waals surface area (Å²) >= 11 is 3.04. The van der Waals surface area contributed by atoms with Crippen LogP contribution in [0.4, 0.5) is 0 Å². The van der Waals surface area contributed by atoms with Gasteiger partial charge in [-0.1, -0.05) is 49.7 Å². The van der Waals surface area contributed by atoms with Crippen LogP contribution in [-0.4, -0.2) is 37.2 Å². The number of benzene rings is 1. The number of carbonyl (C=O) groups excluding carboxylic acids is 1. The minimum atomic E-state index is -0.111. The third-order valence-corrected chi connectivity index (χ3v) is 7.06. The first-order chi connectivity index (χ1) is 16.2. The molecule has 0 atom stereocenters. The van der Waals surface area contributed by atoms with Gasteiger partial charge >= 0.3 is 0 Å². The van der Waals surface area contributed by atoms with Gasteiger partial charge in [0.15, 0.2) is 11.0 Å². The number of nitrogens with zero attached hydrogens (tertiary/aromatic N) is 5. The van der Waals surface area contributed by atoms with Gasteiger partial charge in [0.25, 0.3) is 5.91 Å². The molecule has 0 aliphatic carbocycles. The summed E-state index contributed by atoms with van der Waals surface area (Å²) in [5.74, 6) is 1.23. The maximum atomic E-state index is 12.3. The fourth-order valence-electron chi connectivity index (χ4n) is 3.35. The number of para-hydroxylation sites is 1.